The number of nitriles is 1. The first-order valence-electron chi connectivity index (χ1n) is 6.07. The molecule has 0 radical (unpaired) electrons. The predicted octanol–water partition coefficient (Wildman–Crippen LogP) is 3.34. The lowest BCUT2D eigenvalue weighted by Gasteiger charge is -2.22. The zero-order chi connectivity index (χ0) is 11.9. The smallest absolute Gasteiger partial charge is 0.0683 e. The first-order valence-corrected chi connectivity index (χ1v) is 6.07. The van der Waals surface area contributed by atoms with Gasteiger partial charge in [0, 0.05) is 6.04 Å². The third-order valence-electron chi connectivity index (χ3n) is 2.93. The molecular weight excluding hydrogens is 184 g/mol. The van der Waals surface area contributed by atoms with E-state index >= 15 is 0 Å². The predicted molar refractivity (Wildman–Crippen MR) is 65.5 cm³/mol. The molecule has 2 nitrogen and oxygen atoms in total. The standard InChI is InChI=1S/C13H26N2/c1-6-12(11(2)3)15-9-7-8-13(4,5)10-14/h11-12,15H,6-9H2,1-5H3. The van der Waals surface area contributed by atoms with Crippen LogP contribution in [0, 0.1) is 22.7 Å². The quantitative estimate of drug-likeness (QED) is 0.654. The highest BCUT2D eigenvalue weighted by molar-refractivity contribution is 4.91. The molecule has 0 fully saturated rings. The van der Waals surface area contributed by atoms with E-state index in [-0.39, 0.29) is 5.41 Å². The molecule has 0 saturated carbocycles. The van der Waals surface area contributed by atoms with E-state index in [2.05, 4.69) is 32.2 Å². The Morgan fingerprint density at radius 1 is 1.33 bits per heavy atom. The summed E-state index contributed by atoms with van der Waals surface area (Å²) < 4.78 is 0. The molecule has 0 aromatic heterocycles. The number of nitrogens with zero attached hydrogens (tertiary/aromatic N) is 1. The van der Waals surface area contributed by atoms with Crippen molar-refractivity contribution in [3.8, 4) is 6.07 Å². The lowest BCUT2D eigenvalue weighted by molar-refractivity contribution is 0.364. The summed E-state index contributed by atoms with van der Waals surface area (Å²) in [5, 5.41) is 12.4. The van der Waals surface area contributed by atoms with Crippen molar-refractivity contribution in [1.29, 1.82) is 5.26 Å². The average Bonchev–Trinajstić information content (AvgIpc) is 2.17. The van der Waals surface area contributed by atoms with Gasteiger partial charge in [-0.3, -0.25) is 0 Å². The van der Waals surface area contributed by atoms with Crippen LogP contribution in [0.1, 0.15) is 53.9 Å². The van der Waals surface area contributed by atoms with Gasteiger partial charge >= 0.3 is 0 Å². The Kier molecular flexibility index (Phi) is 6.60. The highest BCUT2D eigenvalue weighted by Gasteiger charge is 2.16. The molecule has 0 aromatic carbocycles. The van der Waals surface area contributed by atoms with Crippen molar-refractivity contribution < 1.29 is 0 Å². The zero-order valence-electron chi connectivity index (χ0n) is 10.9. The SMILES string of the molecule is CCC(NCCCC(C)(C)C#N)C(C)C. The zero-order valence-corrected chi connectivity index (χ0v) is 10.9. The number of rotatable bonds is 7. The molecule has 0 aromatic rings. The molecule has 0 saturated heterocycles. The van der Waals surface area contributed by atoms with Crippen molar-refractivity contribution in [2.24, 2.45) is 11.3 Å². The van der Waals surface area contributed by atoms with Crippen molar-refractivity contribution in [2.45, 2.75) is 59.9 Å². The molecule has 0 aliphatic rings. The summed E-state index contributed by atoms with van der Waals surface area (Å²) in [4.78, 5) is 0. The fourth-order valence-corrected chi connectivity index (χ4v) is 1.73. The van der Waals surface area contributed by atoms with E-state index in [1.54, 1.807) is 0 Å². The van der Waals surface area contributed by atoms with Gasteiger partial charge in [0.1, 0.15) is 0 Å². The monoisotopic (exact) mass is 210 g/mol. The van der Waals surface area contributed by atoms with Crippen molar-refractivity contribution in [2.75, 3.05) is 6.54 Å². The van der Waals surface area contributed by atoms with Crippen molar-refractivity contribution in [3.05, 3.63) is 0 Å². The fraction of sp³-hybridized carbons (Fsp3) is 0.923. The second-order valence-electron chi connectivity index (χ2n) is 5.31. The van der Waals surface area contributed by atoms with E-state index in [0.29, 0.717) is 12.0 Å². The van der Waals surface area contributed by atoms with Gasteiger partial charge in [-0.05, 0) is 45.6 Å². The van der Waals surface area contributed by atoms with Gasteiger partial charge in [0.2, 0.25) is 0 Å². The maximum Gasteiger partial charge on any atom is 0.0683 e. The largest absolute Gasteiger partial charge is 0.314 e. The minimum atomic E-state index is -0.165. The van der Waals surface area contributed by atoms with Crippen LogP contribution < -0.4 is 5.32 Å². The molecule has 0 amide bonds. The first-order chi connectivity index (χ1) is 6.93. The summed E-state index contributed by atoms with van der Waals surface area (Å²) >= 11 is 0. The molecule has 0 heterocycles. The van der Waals surface area contributed by atoms with E-state index in [9.17, 15) is 0 Å². The van der Waals surface area contributed by atoms with Crippen LogP contribution in [0.3, 0.4) is 0 Å². The van der Waals surface area contributed by atoms with Gasteiger partial charge in [0.25, 0.3) is 0 Å². The Bertz CT molecular complexity index is 201. The second kappa shape index (κ2) is 6.85. The molecule has 0 rings (SSSR count). The molecule has 88 valence electrons. The lowest BCUT2D eigenvalue weighted by atomic mass is 9.90. The Morgan fingerprint density at radius 2 is 1.93 bits per heavy atom. The van der Waals surface area contributed by atoms with Gasteiger partial charge in [-0.15, -0.1) is 0 Å². The topological polar surface area (TPSA) is 35.8 Å². The van der Waals surface area contributed by atoms with E-state index in [0.717, 1.165) is 19.4 Å². The fourth-order valence-electron chi connectivity index (χ4n) is 1.73. The van der Waals surface area contributed by atoms with Crippen LogP contribution in [0.5, 0.6) is 0 Å². The molecule has 1 unspecified atom stereocenters. The molecule has 0 spiro atoms. The molecule has 15 heavy (non-hydrogen) atoms. The summed E-state index contributed by atoms with van der Waals surface area (Å²) in [5.41, 5.74) is -0.165. The molecule has 1 N–H and O–H groups in total. The maximum atomic E-state index is 8.87. The maximum absolute atomic E-state index is 8.87. The molecule has 0 aliphatic carbocycles. The van der Waals surface area contributed by atoms with E-state index < -0.39 is 0 Å². The van der Waals surface area contributed by atoms with E-state index in [1.165, 1.54) is 6.42 Å². The van der Waals surface area contributed by atoms with Crippen LogP contribution in [0.25, 0.3) is 0 Å². The third-order valence-corrected chi connectivity index (χ3v) is 2.93. The number of hydrogen-bond acceptors (Lipinski definition) is 2. The summed E-state index contributed by atoms with van der Waals surface area (Å²) in [5.74, 6) is 0.693. The van der Waals surface area contributed by atoms with Gasteiger partial charge in [-0.2, -0.15) is 5.26 Å². The van der Waals surface area contributed by atoms with Gasteiger partial charge in [-0.25, -0.2) is 0 Å². The minimum Gasteiger partial charge on any atom is -0.314 e. The summed E-state index contributed by atoms with van der Waals surface area (Å²) in [6, 6.07) is 2.96. The molecule has 1 atom stereocenters. The summed E-state index contributed by atoms with van der Waals surface area (Å²) in [6.45, 7) is 11.8. The van der Waals surface area contributed by atoms with Crippen molar-refractivity contribution in [1.82, 2.24) is 5.32 Å². The Hall–Kier alpha value is -0.550. The molecular formula is C13H26N2. The first kappa shape index (κ1) is 14.5. The van der Waals surface area contributed by atoms with Gasteiger partial charge in [0.05, 0.1) is 11.5 Å². The van der Waals surface area contributed by atoms with Crippen LogP contribution >= 0.6 is 0 Å². The number of hydrogen-bond donors (Lipinski definition) is 1. The Labute approximate surface area is 95.1 Å². The lowest BCUT2D eigenvalue weighted by Crippen LogP contribution is -2.34. The number of nitrogens with one attached hydrogen (secondary N) is 1. The molecule has 0 aliphatic heterocycles. The van der Waals surface area contributed by atoms with Crippen LogP contribution in [0.2, 0.25) is 0 Å². The van der Waals surface area contributed by atoms with Gasteiger partial charge in [0.15, 0.2) is 0 Å². The summed E-state index contributed by atoms with van der Waals surface area (Å²) in [6.07, 6.45) is 3.24. The Morgan fingerprint density at radius 3 is 2.33 bits per heavy atom. The van der Waals surface area contributed by atoms with Gasteiger partial charge < -0.3 is 5.32 Å². The summed E-state index contributed by atoms with van der Waals surface area (Å²) in [7, 11) is 0. The Balaban J connectivity index is 3.67. The minimum absolute atomic E-state index is 0.165. The normalized spacial score (nSPS) is 13.9. The highest BCUT2D eigenvalue weighted by Crippen LogP contribution is 2.20. The van der Waals surface area contributed by atoms with Crippen LogP contribution in [0.4, 0.5) is 0 Å². The van der Waals surface area contributed by atoms with Gasteiger partial charge in [-0.1, -0.05) is 20.8 Å². The highest BCUT2D eigenvalue weighted by atomic mass is 14.9. The second-order valence-corrected chi connectivity index (χ2v) is 5.31. The van der Waals surface area contributed by atoms with Crippen molar-refractivity contribution in [3.63, 3.8) is 0 Å². The van der Waals surface area contributed by atoms with E-state index in [1.807, 2.05) is 13.8 Å². The van der Waals surface area contributed by atoms with Crippen LogP contribution in [0.15, 0.2) is 0 Å². The van der Waals surface area contributed by atoms with Crippen LogP contribution in [-0.4, -0.2) is 12.6 Å². The van der Waals surface area contributed by atoms with Crippen molar-refractivity contribution >= 4 is 0 Å². The van der Waals surface area contributed by atoms with Crippen LogP contribution in [-0.2, 0) is 0 Å². The molecule has 2 heteroatoms. The van der Waals surface area contributed by atoms with E-state index in [4.69, 9.17) is 5.26 Å². The third kappa shape index (κ3) is 6.52. The molecule has 0 bridgehead atoms. The average molecular weight is 210 g/mol.